The molecule has 0 bridgehead atoms. The Kier molecular flexibility index (Phi) is 5.44. The fourth-order valence-electron chi connectivity index (χ4n) is 1.65. The van der Waals surface area contributed by atoms with Crippen molar-refractivity contribution in [2.45, 2.75) is 13.0 Å². The van der Waals surface area contributed by atoms with Gasteiger partial charge >= 0.3 is 0 Å². The maximum Gasteiger partial charge on any atom is 0.251 e. The summed E-state index contributed by atoms with van der Waals surface area (Å²) in [5, 5.41) is 11.5. The number of hydrogen-bond donors (Lipinski definition) is 2. The molecule has 1 heterocycles. The number of benzene rings is 1. The van der Waals surface area contributed by atoms with Crippen LogP contribution in [-0.2, 0) is 6.54 Å². The lowest BCUT2D eigenvalue weighted by Crippen LogP contribution is -2.23. The van der Waals surface area contributed by atoms with E-state index < -0.39 is 0 Å². The molecule has 0 unspecified atom stereocenters. The highest BCUT2D eigenvalue weighted by molar-refractivity contribution is 5.94. The maximum absolute atomic E-state index is 12.1. The number of nitrogens with zero attached hydrogens (tertiary/aromatic N) is 2. The fraction of sp³-hybridized carbons (Fsp3) is 0.188. The molecule has 0 aliphatic carbocycles. The molecular formula is C16H15N3O2. The van der Waals surface area contributed by atoms with Gasteiger partial charge in [0.05, 0.1) is 18.8 Å². The average Bonchev–Trinajstić information content (AvgIpc) is 2.54. The Hall–Kier alpha value is -2.71. The van der Waals surface area contributed by atoms with Crippen LogP contribution in [0.3, 0.4) is 0 Å². The van der Waals surface area contributed by atoms with Crippen LogP contribution in [0, 0.1) is 11.8 Å². The third-order valence-corrected chi connectivity index (χ3v) is 2.67. The molecule has 2 rings (SSSR count). The molecule has 0 fully saturated rings. The second-order valence-corrected chi connectivity index (χ2v) is 4.24. The molecule has 106 valence electrons. The molecule has 0 aliphatic rings. The second kappa shape index (κ2) is 7.78. The number of carbonyl (C=O) groups is 1. The molecule has 0 spiro atoms. The summed E-state index contributed by atoms with van der Waals surface area (Å²) < 4.78 is 0. The highest BCUT2D eigenvalue weighted by Crippen LogP contribution is 2.04. The van der Waals surface area contributed by atoms with Gasteiger partial charge in [-0.1, -0.05) is 17.9 Å². The lowest BCUT2D eigenvalue weighted by molar-refractivity contribution is 0.0950. The van der Waals surface area contributed by atoms with Crippen LogP contribution in [0.4, 0.5) is 0 Å². The quantitative estimate of drug-likeness (QED) is 0.824. The van der Waals surface area contributed by atoms with E-state index in [1.54, 1.807) is 30.5 Å². The van der Waals surface area contributed by atoms with E-state index in [9.17, 15) is 4.79 Å². The first-order chi connectivity index (χ1) is 10.3. The van der Waals surface area contributed by atoms with Crippen LogP contribution in [0.2, 0.25) is 0 Å². The van der Waals surface area contributed by atoms with Crippen molar-refractivity contribution in [2.24, 2.45) is 0 Å². The van der Waals surface area contributed by atoms with E-state index >= 15 is 0 Å². The van der Waals surface area contributed by atoms with Crippen molar-refractivity contribution in [1.82, 2.24) is 15.3 Å². The normalized spacial score (nSPS) is 9.57. The van der Waals surface area contributed by atoms with E-state index in [1.807, 2.05) is 6.07 Å². The molecular weight excluding hydrogens is 266 g/mol. The molecule has 2 N–H and O–H groups in total. The van der Waals surface area contributed by atoms with Gasteiger partial charge in [0.25, 0.3) is 5.91 Å². The van der Waals surface area contributed by atoms with Gasteiger partial charge in [-0.25, -0.2) is 9.97 Å². The Balaban J connectivity index is 1.99. The number of carbonyl (C=O) groups excluding carboxylic acids is 1. The summed E-state index contributed by atoms with van der Waals surface area (Å²) in [6, 6.07) is 8.80. The number of nitrogens with one attached hydrogen (secondary N) is 1. The summed E-state index contributed by atoms with van der Waals surface area (Å²) >= 11 is 0. The number of aromatic nitrogens is 2. The van der Waals surface area contributed by atoms with Gasteiger partial charge in [0.15, 0.2) is 0 Å². The number of hydrogen-bond acceptors (Lipinski definition) is 4. The summed E-state index contributed by atoms with van der Waals surface area (Å²) in [6.07, 6.45) is 3.49. The minimum absolute atomic E-state index is 0.0338. The minimum Gasteiger partial charge on any atom is -0.395 e. The van der Waals surface area contributed by atoms with Crippen molar-refractivity contribution in [2.75, 3.05) is 6.61 Å². The number of aliphatic hydroxyl groups excluding tert-OH is 1. The smallest absolute Gasteiger partial charge is 0.251 e. The summed E-state index contributed by atoms with van der Waals surface area (Å²) in [4.78, 5) is 19.9. The monoisotopic (exact) mass is 281 g/mol. The first-order valence-electron chi connectivity index (χ1n) is 6.52. The second-order valence-electron chi connectivity index (χ2n) is 4.24. The Bertz CT molecular complexity index is 660. The molecule has 0 atom stereocenters. The number of aliphatic hydroxyl groups is 1. The first kappa shape index (κ1) is 14.7. The van der Waals surface area contributed by atoms with Gasteiger partial charge in [0.1, 0.15) is 6.33 Å². The number of rotatable bonds is 4. The zero-order chi connectivity index (χ0) is 14.9. The molecule has 1 amide bonds. The lowest BCUT2D eigenvalue weighted by atomic mass is 10.1. The zero-order valence-electron chi connectivity index (χ0n) is 11.4. The molecule has 2 aromatic rings. The van der Waals surface area contributed by atoms with Crippen LogP contribution in [0.1, 0.15) is 28.0 Å². The van der Waals surface area contributed by atoms with Crippen LogP contribution in [0.15, 0.2) is 42.9 Å². The van der Waals surface area contributed by atoms with Crippen LogP contribution < -0.4 is 5.32 Å². The lowest BCUT2D eigenvalue weighted by Gasteiger charge is -2.04. The number of amides is 1. The first-order valence-corrected chi connectivity index (χ1v) is 6.52. The van der Waals surface area contributed by atoms with Crippen LogP contribution in [-0.4, -0.2) is 27.6 Å². The van der Waals surface area contributed by atoms with Crippen molar-refractivity contribution < 1.29 is 9.90 Å². The van der Waals surface area contributed by atoms with Crippen LogP contribution >= 0.6 is 0 Å². The van der Waals surface area contributed by atoms with E-state index in [-0.39, 0.29) is 12.5 Å². The van der Waals surface area contributed by atoms with Crippen LogP contribution in [0.5, 0.6) is 0 Å². The van der Waals surface area contributed by atoms with E-state index in [1.165, 1.54) is 6.33 Å². The van der Waals surface area contributed by atoms with Crippen molar-refractivity contribution in [1.29, 1.82) is 0 Å². The fourth-order valence-corrected chi connectivity index (χ4v) is 1.65. The molecule has 1 aromatic carbocycles. The Morgan fingerprint density at radius 2 is 2.24 bits per heavy atom. The molecule has 0 saturated heterocycles. The summed E-state index contributed by atoms with van der Waals surface area (Å²) in [7, 11) is 0. The van der Waals surface area contributed by atoms with E-state index in [0.29, 0.717) is 18.5 Å². The largest absolute Gasteiger partial charge is 0.395 e. The molecule has 0 saturated carbocycles. The minimum atomic E-state index is -0.181. The van der Waals surface area contributed by atoms with Gasteiger partial charge in [-0.2, -0.15) is 0 Å². The van der Waals surface area contributed by atoms with Gasteiger partial charge in [0, 0.05) is 23.7 Å². The van der Waals surface area contributed by atoms with Gasteiger partial charge in [-0.15, -0.1) is 0 Å². The molecule has 5 nitrogen and oxygen atoms in total. The molecule has 0 aliphatic heterocycles. The third-order valence-electron chi connectivity index (χ3n) is 2.67. The molecule has 1 aromatic heterocycles. The van der Waals surface area contributed by atoms with Crippen molar-refractivity contribution >= 4 is 5.91 Å². The van der Waals surface area contributed by atoms with Crippen LogP contribution in [0.25, 0.3) is 0 Å². The molecule has 21 heavy (non-hydrogen) atoms. The van der Waals surface area contributed by atoms with Gasteiger partial charge in [-0.05, 0) is 24.3 Å². The van der Waals surface area contributed by atoms with E-state index in [2.05, 4.69) is 27.1 Å². The van der Waals surface area contributed by atoms with Crippen molar-refractivity contribution in [3.8, 4) is 11.8 Å². The van der Waals surface area contributed by atoms with Gasteiger partial charge in [0.2, 0.25) is 0 Å². The van der Waals surface area contributed by atoms with Gasteiger partial charge in [-0.3, -0.25) is 4.79 Å². The Labute approximate surface area is 123 Å². The zero-order valence-corrected chi connectivity index (χ0v) is 11.4. The maximum atomic E-state index is 12.1. The Morgan fingerprint density at radius 3 is 3.00 bits per heavy atom. The summed E-state index contributed by atoms with van der Waals surface area (Å²) in [5.41, 5.74) is 2.04. The third kappa shape index (κ3) is 4.71. The van der Waals surface area contributed by atoms with Crippen molar-refractivity contribution in [3.63, 3.8) is 0 Å². The van der Waals surface area contributed by atoms with Crippen molar-refractivity contribution in [3.05, 3.63) is 59.7 Å². The topological polar surface area (TPSA) is 75.1 Å². The highest BCUT2D eigenvalue weighted by Gasteiger charge is 2.05. The average molecular weight is 281 g/mol. The molecule has 0 radical (unpaired) electrons. The highest BCUT2D eigenvalue weighted by atomic mass is 16.2. The Morgan fingerprint density at radius 1 is 1.33 bits per heavy atom. The SMILES string of the molecule is O=C(NCc1ccncn1)c1cccc(C#CCCO)c1. The van der Waals surface area contributed by atoms with E-state index in [4.69, 9.17) is 5.11 Å². The molecule has 5 heteroatoms. The standard InChI is InChI=1S/C16H15N3O2/c20-9-2-1-4-13-5-3-6-14(10-13)16(21)18-11-15-7-8-17-12-19-15/h3,5-8,10,12,20H,2,9,11H2,(H,18,21). The predicted molar refractivity (Wildman–Crippen MR) is 78.2 cm³/mol. The summed E-state index contributed by atoms with van der Waals surface area (Å²) in [5.74, 6) is 5.55. The summed E-state index contributed by atoms with van der Waals surface area (Å²) in [6.45, 7) is 0.383. The van der Waals surface area contributed by atoms with E-state index in [0.717, 1.165) is 11.3 Å². The predicted octanol–water partition coefficient (Wildman–Crippen LogP) is 1.14. The van der Waals surface area contributed by atoms with Gasteiger partial charge < -0.3 is 10.4 Å².